The first-order valence-corrected chi connectivity index (χ1v) is 8.62. The van der Waals surface area contributed by atoms with E-state index in [0.717, 1.165) is 16.9 Å². The van der Waals surface area contributed by atoms with Crippen molar-refractivity contribution in [2.75, 3.05) is 0 Å². The van der Waals surface area contributed by atoms with Crippen LogP contribution < -0.4 is 0 Å². The maximum Gasteiger partial charge on any atom is 0.136 e. The summed E-state index contributed by atoms with van der Waals surface area (Å²) in [4.78, 5) is 0. The van der Waals surface area contributed by atoms with Gasteiger partial charge in [-0.15, -0.1) is 0 Å². The maximum absolute atomic E-state index is 6.17. The van der Waals surface area contributed by atoms with Crippen molar-refractivity contribution in [3.8, 4) is 0 Å². The predicted molar refractivity (Wildman–Crippen MR) is 106 cm³/mol. The fraction of sp³-hybridized carbons (Fsp3) is 0.0833. The molecule has 4 aromatic rings. The minimum absolute atomic E-state index is 0.133. The van der Waals surface area contributed by atoms with E-state index in [4.69, 9.17) is 4.42 Å². The molecule has 1 aliphatic carbocycles. The van der Waals surface area contributed by atoms with E-state index in [0.29, 0.717) is 0 Å². The lowest BCUT2D eigenvalue weighted by Crippen LogP contribution is -2.14. The highest BCUT2D eigenvalue weighted by Crippen LogP contribution is 2.37. The van der Waals surface area contributed by atoms with Crippen molar-refractivity contribution < 1.29 is 4.42 Å². The first kappa shape index (κ1) is 14.3. The Morgan fingerprint density at radius 3 is 2.24 bits per heavy atom. The van der Waals surface area contributed by atoms with Gasteiger partial charge in [-0.25, -0.2) is 0 Å². The minimum atomic E-state index is -0.133. The Hall–Kier alpha value is -3.06. The zero-order valence-electron chi connectivity index (χ0n) is 14.1. The monoisotopic (exact) mass is 322 g/mol. The van der Waals surface area contributed by atoms with Crippen LogP contribution in [-0.4, -0.2) is 0 Å². The second kappa shape index (κ2) is 5.22. The molecule has 25 heavy (non-hydrogen) atoms. The van der Waals surface area contributed by atoms with Crippen LogP contribution in [0.4, 0.5) is 0 Å². The number of allylic oxidation sites excluding steroid dienone is 2. The summed E-state index contributed by atoms with van der Waals surface area (Å²) in [6.45, 7) is 2.23. The lowest BCUT2D eigenvalue weighted by atomic mass is 9.82. The quantitative estimate of drug-likeness (QED) is 0.385. The number of benzene rings is 3. The van der Waals surface area contributed by atoms with Crippen LogP contribution in [0.2, 0.25) is 0 Å². The summed E-state index contributed by atoms with van der Waals surface area (Å²) in [5, 5.41) is 3.62. The standard InChI is InChI=1S/C24H18O/c1-24(19-9-3-2-4-10-19)13-11-20-21-15-17-7-5-6-8-18(17)16-23(21)25-22(20)12-14-24/h2-16H,1H3. The molecule has 1 atom stereocenters. The second-order valence-corrected chi connectivity index (χ2v) is 6.89. The van der Waals surface area contributed by atoms with Gasteiger partial charge in [-0.3, -0.25) is 0 Å². The average molecular weight is 322 g/mol. The van der Waals surface area contributed by atoms with E-state index in [2.05, 4.69) is 98.0 Å². The second-order valence-electron chi connectivity index (χ2n) is 6.89. The molecule has 0 amide bonds. The van der Waals surface area contributed by atoms with Crippen molar-refractivity contribution in [3.05, 3.63) is 95.8 Å². The largest absolute Gasteiger partial charge is 0.456 e. The summed E-state index contributed by atoms with van der Waals surface area (Å²) in [6.07, 6.45) is 8.83. The van der Waals surface area contributed by atoms with Gasteiger partial charge in [-0.1, -0.05) is 72.8 Å². The van der Waals surface area contributed by atoms with Gasteiger partial charge in [0.1, 0.15) is 11.3 Å². The molecule has 0 saturated carbocycles. The van der Waals surface area contributed by atoms with E-state index >= 15 is 0 Å². The van der Waals surface area contributed by atoms with Gasteiger partial charge in [0.05, 0.1) is 0 Å². The van der Waals surface area contributed by atoms with E-state index in [1.807, 2.05) is 0 Å². The Kier molecular flexibility index (Phi) is 2.98. The molecule has 1 heteroatoms. The van der Waals surface area contributed by atoms with Crippen molar-refractivity contribution in [2.45, 2.75) is 12.3 Å². The normalized spacial score (nSPS) is 19.2. The number of fused-ring (bicyclic) bond motifs is 4. The summed E-state index contributed by atoms with van der Waals surface area (Å²) in [5.74, 6) is 0.932. The highest BCUT2D eigenvalue weighted by molar-refractivity contribution is 6.01. The third-order valence-electron chi connectivity index (χ3n) is 5.20. The highest BCUT2D eigenvalue weighted by Gasteiger charge is 2.23. The van der Waals surface area contributed by atoms with Gasteiger partial charge >= 0.3 is 0 Å². The zero-order chi connectivity index (χ0) is 16.9. The lowest BCUT2D eigenvalue weighted by Gasteiger charge is -2.21. The first-order valence-electron chi connectivity index (χ1n) is 8.62. The van der Waals surface area contributed by atoms with Crippen molar-refractivity contribution in [3.63, 3.8) is 0 Å². The van der Waals surface area contributed by atoms with Crippen LogP contribution in [0, 0.1) is 0 Å². The minimum Gasteiger partial charge on any atom is -0.456 e. The smallest absolute Gasteiger partial charge is 0.136 e. The molecule has 3 aromatic carbocycles. The molecule has 1 nitrogen and oxygen atoms in total. The Morgan fingerprint density at radius 2 is 1.44 bits per heavy atom. The van der Waals surface area contributed by atoms with Crippen LogP contribution in [0.5, 0.6) is 0 Å². The Morgan fingerprint density at radius 1 is 0.760 bits per heavy atom. The number of hydrogen-bond acceptors (Lipinski definition) is 1. The van der Waals surface area contributed by atoms with Gasteiger partial charge in [0.15, 0.2) is 0 Å². The van der Waals surface area contributed by atoms with Crippen LogP contribution in [0.15, 0.2) is 83.3 Å². The SMILES string of the molecule is CC1(c2ccccc2)C=Cc2oc3cc4ccccc4cc3c2C=C1. The molecule has 5 rings (SSSR count). The average Bonchev–Trinajstić information content (AvgIpc) is 2.90. The van der Waals surface area contributed by atoms with Crippen LogP contribution in [0.3, 0.4) is 0 Å². The van der Waals surface area contributed by atoms with E-state index in [-0.39, 0.29) is 5.41 Å². The van der Waals surface area contributed by atoms with Crippen molar-refractivity contribution in [1.82, 2.24) is 0 Å². The molecule has 0 fully saturated rings. The molecule has 0 bridgehead atoms. The summed E-state index contributed by atoms with van der Waals surface area (Å²) in [7, 11) is 0. The van der Waals surface area contributed by atoms with Gasteiger partial charge in [0.2, 0.25) is 0 Å². The van der Waals surface area contributed by atoms with Crippen molar-refractivity contribution in [1.29, 1.82) is 0 Å². The Bertz CT molecular complexity index is 1140. The topological polar surface area (TPSA) is 13.1 Å². The Labute approximate surface area is 146 Å². The molecule has 1 unspecified atom stereocenters. The number of rotatable bonds is 1. The van der Waals surface area contributed by atoms with Gasteiger partial charge in [-0.05, 0) is 41.5 Å². The molecule has 0 saturated heterocycles. The van der Waals surface area contributed by atoms with Crippen LogP contribution in [0.25, 0.3) is 33.9 Å². The molecule has 0 N–H and O–H groups in total. The maximum atomic E-state index is 6.17. The molecule has 0 radical (unpaired) electrons. The molecule has 1 aliphatic rings. The predicted octanol–water partition coefficient (Wildman–Crippen LogP) is 6.58. The highest BCUT2D eigenvalue weighted by atomic mass is 16.3. The molecule has 0 aliphatic heterocycles. The summed E-state index contributed by atoms with van der Waals surface area (Å²) < 4.78 is 6.17. The summed E-state index contributed by atoms with van der Waals surface area (Å²) >= 11 is 0. The van der Waals surface area contributed by atoms with Gasteiger partial charge < -0.3 is 4.42 Å². The zero-order valence-corrected chi connectivity index (χ0v) is 14.1. The van der Waals surface area contributed by atoms with E-state index < -0.39 is 0 Å². The van der Waals surface area contributed by atoms with Crippen molar-refractivity contribution >= 4 is 33.9 Å². The Balaban J connectivity index is 1.70. The molecule has 0 spiro atoms. The third-order valence-corrected chi connectivity index (χ3v) is 5.20. The lowest BCUT2D eigenvalue weighted by molar-refractivity contribution is 0.603. The summed E-state index contributed by atoms with van der Waals surface area (Å²) in [5.41, 5.74) is 3.26. The molecule has 120 valence electrons. The third kappa shape index (κ3) is 2.24. The molecule has 1 heterocycles. The van der Waals surface area contributed by atoms with E-state index in [9.17, 15) is 0 Å². The molecular formula is C24H18O. The fourth-order valence-electron chi connectivity index (χ4n) is 3.67. The van der Waals surface area contributed by atoms with Crippen LogP contribution in [-0.2, 0) is 5.41 Å². The van der Waals surface area contributed by atoms with Gasteiger partial charge in [0, 0.05) is 16.4 Å². The number of furan rings is 1. The van der Waals surface area contributed by atoms with Crippen LogP contribution in [0.1, 0.15) is 23.8 Å². The van der Waals surface area contributed by atoms with E-state index in [1.165, 1.54) is 21.7 Å². The van der Waals surface area contributed by atoms with E-state index in [1.54, 1.807) is 0 Å². The fourth-order valence-corrected chi connectivity index (χ4v) is 3.67. The summed E-state index contributed by atoms with van der Waals surface area (Å²) in [6, 6.07) is 23.4. The van der Waals surface area contributed by atoms with Crippen LogP contribution >= 0.6 is 0 Å². The number of hydrogen-bond donors (Lipinski definition) is 0. The first-order chi connectivity index (χ1) is 12.2. The molecular weight excluding hydrogens is 304 g/mol. The molecule has 1 aromatic heterocycles. The van der Waals surface area contributed by atoms with Gasteiger partial charge in [0.25, 0.3) is 0 Å². The van der Waals surface area contributed by atoms with Gasteiger partial charge in [-0.2, -0.15) is 0 Å². The van der Waals surface area contributed by atoms with Crippen molar-refractivity contribution in [2.24, 2.45) is 0 Å².